The molecule has 0 saturated heterocycles. The number of rotatable bonds is 3. The van der Waals surface area contributed by atoms with Gasteiger partial charge < -0.3 is 10.4 Å². The summed E-state index contributed by atoms with van der Waals surface area (Å²) in [5.41, 5.74) is -0.213. The van der Waals surface area contributed by atoms with E-state index in [4.69, 9.17) is 11.6 Å². The van der Waals surface area contributed by atoms with Gasteiger partial charge >= 0.3 is 0 Å². The minimum absolute atomic E-state index is 0.180. The minimum Gasteiger partial charge on any atom is -0.388 e. The first-order valence-electron chi connectivity index (χ1n) is 6.85. The van der Waals surface area contributed by atoms with Crippen LogP contribution in [0.15, 0.2) is 24.3 Å². The summed E-state index contributed by atoms with van der Waals surface area (Å²) in [6.07, 6.45) is 5.94. The molecule has 1 fully saturated rings. The molecule has 1 saturated carbocycles. The number of carbonyl (C=O) groups is 1. The largest absolute Gasteiger partial charge is 0.388 e. The highest BCUT2D eigenvalue weighted by atomic mass is 35.5. The summed E-state index contributed by atoms with van der Waals surface area (Å²) in [6.45, 7) is 0.318. The maximum Gasteiger partial charge on any atom is 0.251 e. The van der Waals surface area contributed by atoms with Gasteiger partial charge in [0.25, 0.3) is 5.91 Å². The third kappa shape index (κ3) is 4.22. The van der Waals surface area contributed by atoms with Gasteiger partial charge in [-0.1, -0.05) is 43.4 Å². The lowest BCUT2D eigenvalue weighted by atomic mass is 9.94. The quantitative estimate of drug-likeness (QED) is 0.836. The van der Waals surface area contributed by atoms with E-state index in [0.717, 1.165) is 25.7 Å². The van der Waals surface area contributed by atoms with E-state index in [2.05, 4.69) is 5.32 Å². The summed E-state index contributed by atoms with van der Waals surface area (Å²) >= 11 is 5.86. The van der Waals surface area contributed by atoms with E-state index in [1.54, 1.807) is 24.3 Å². The molecule has 0 bridgehead atoms. The second kappa shape index (κ2) is 6.40. The van der Waals surface area contributed by atoms with Gasteiger partial charge in [0.05, 0.1) is 5.60 Å². The molecule has 0 atom stereocenters. The number of aliphatic hydroxyl groups is 1. The topological polar surface area (TPSA) is 49.3 Å². The average Bonchev–Trinajstić information content (AvgIpc) is 2.61. The molecule has 2 rings (SSSR count). The highest BCUT2D eigenvalue weighted by molar-refractivity contribution is 6.30. The minimum atomic E-state index is -0.745. The molecule has 1 aromatic rings. The molecule has 1 amide bonds. The van der Waals surface area contributed by atoms with Gasteiger partial charge in [0.15, 0.2) is 0 Å². The molecule has 2 N–H and O–H groups in total. The molecule has 0 spiro atoms. The molecule has 0 aromatic heterocycles. The van der Waals surface area contributed by atoms with Crippen molar-refractivity contribution in [2.75, 3.05) is 6.54 Å². The lowest BCUT2D eigenvalue weighted by Gasteiger charge is -2.26. The van der Waals surface area contributed by atoms with Crippen LogP contribution in [0.2, 0.25) is 5.02 Å². The second-order valence-electron chi connectivity index (χ2n) is 5.33. The van der Waals surface area contributed by atoms with Gasteiger partial charge in [0.2, 0.25) is 0 Å². The van der Waals surface area contributed by atoms with Gasteiger partial charge in [-0.3, -0.25) is 4.79 Å². The average molecular weight is 282 g/mol. The van der Waals surface area contributed by atoms with Gasteiger partial charge in [0, 0.05) is 17.1 Å². The smallest absolute Gasteiger partial charge is 0.251 e. The van der Waals surface area contributed by atoms with Gasteiger partial charge in [-0.05, 0) is 31.0 Å². The van der Waals surface area contributed by atoms with Gasteiger partial charge in [-0.25, -0.2) is 0 Å². The summed E-state index contributed by atoms with van der Waals surface area (Å²) in [7, 11) is 0. The van der Waals surface area contributed by atoms with Crippen molar-refractivity contribution in [3.8, 4) is 0 Å². The summed E-state index contributed by atoms with van der Waals surface area (Å²) in [6, 6.07) is 6.83. The Bertz CT molecular complexity index is 440. The lowest BCUT2D eigenvalue weighted by molar-refractivity contribution is 0.0246. The van der Waals surface area contributed by atoms with E-state index in [0.29, 0.717) is 17.1 Å². The normalized spacial score (nSPS) is 18.6. The number of hydrogen-bond donors (Lipinski definition) is 2. The van der Waals surface area contributed by atoms with E-state index in [9.17, 15) is 9.90 Å². The Hall–Kier alpha value is -1.06. The van der Waals surface area contributed by atoms with Crippen molar-refractivity contribution in [3.05, 3.63) is 34.9 Å². The maximum absolute atomic E-state index is 12.0. The van der Waals surface area contributed by atoms with Crippen LogP contribution in [-0.2, 0) is 0 Å². The Morgan fingerprint density at radius 1 is 1.26 bits per heavy atom. The van der Waals surface area contributed by atoms with Gasteiger partial charge in [-0.2, -0.15) is 0 Å². The van der Waals surface area contributed by atoms with Crippen molar-refractivity contribution >= 4 is 17.5 Å². The number of amides is 1. The molecule has 3 nitrogen and oxygen atoms in total. The van der Waals surface area contributed by atoms with Crippen LogP contribution in [0.4, 0.5) is 0 Å². The summed E-state index contributed by atoms with van der Waals surface area (Å²) in [4.78, 5) is 12.0. The van der Waals surface area contributed by atoms with Crippen LogP contribution in [0.5, 0.6) is 0 Å². The van der Waals surface area contributed by atoms with Crippen LogP contribution in [0.25, 0.3) is 0 Å². The van der Waals surface area contributed by atoms with Crippen molar-refractivity contribution in [1.82, 2.24) is 5.32 Å². The first-order valence-corrected chi connectivity index (χ1v) is 7.23. The van der Waals surface area contributed by atoms with Crippen LogP contribution in [0.1, 0.15) is 48.9 Å². The summed E-state index contributed by atoms with van der Waals surface area (Å²) in [5, 5.41) is 13.8. The molecule has 0 aliphatic heterocycles. The molecule has 0 unspecified atom stereocenters. The highest BCUT2D eigenvalue weighted by Crippen LogP contribution is 2.26. The highest BCUT2D eigenvalue weighted by Gasteiger charge is 2.28. The maximum atomic E-state index is 12.0. The summed E-state index contributed by atoms with van der Waals surface area (Å²) < 4.78 is 0. The number of benzene rings is 1. The fourth-order valence-electron chi connectivity index (χ4n) is 2.54. The molecule has 19 heavy (non-hydrogen) atoms. The van der Waals surface area contributed by atoms with Gasteiger partial charge in [-0.15, -0.1) is 0 Å². The zero-order chi connectivity index (χ0) is 13.7. The predicted molar refractivity (Wildman–Crippen MR) is 76.4 cm³/mol. The molecule has 4 heteroatoms. The zero-order valence-corrected chi connectivity index (χ0v) is 11.7. The van der Waals surface area contributed by atoms with Crippen LogP contribution in [0.3, 0.4) is 0 Å². The van der Waals surface area contributed by atoms with Crippen LogP contribution in [0, 0.1) is 0 Å². The van der Waals surface area contributed by atoms with Crippen molar-refractivity contribution in [1.29, 1.82) is 0 Å². The number of nitrogens with one attached hydrogen (secondary N) is 1. The molecule has 104 valence electrons. The fourth-order valence-corrected chi connectivity index (χ4v) is 2.73. The molecule has 1 aromatic carbocycles. The Balaban J connectivity index is 1.92. The second-order valence-corrected chi connectivity index (χ2v) is 5.77. The Kier molecular flexibility index (Phi) is 4.83. The fraction of sp³-hybridized carbons (Fsp3) is 0.533. The van der Waals surface area contributed by atoms with E-state index in [-0.39, 0.29) is 5.91 Å². The van der Waals surface area contributed by atoms with Gasteiger partial charge in [0.1, 0.15) is 0 Å². The number of carbonyl (C=O) groups excluding carboxylic acids is 1. The standard InChI is InChI=1S/C15H20ClNO2/c16-13-7-5-6-12(10-13)14(18)17-11-15(19)8-3-1-2-4-9-15/h5-7,10,19H,1-4,8-9,11H2,(H,17,18). The SMILES string of the molecule is O=C(NCC1(O)CCCCCC1)c1cccc(Cl)c1. The zero-order valence-electron chi connectivity index (χ0n) is 11.0. The molecule has 0 heterocycles. The van der Waals surface area contributed by atoms with Crippen molar-refractivity contribution in [3.63, 3.8) is 0 Å². The van der Waals surface area contributed by atoms with Crippen LogP contribution >= 0.6 is 11.6 Å². The Morgan fingerprint density at radius 2 is 1.95 bits per heavy atom. The van der Waals surface area contributed by atoms with Crippen molar-refractivity contribution in [2.45, 2.75) is 44.1 Å². The molecule has 1 aliphatic rings. The lowest BCUT2D eigenvalue weighted by Crippen LogP contribution is -2.42. The van der Waals surface area contributed by atoms with Crippen molar-refractivity contribution in [2.24, 2.45) is 0 Å². The first-order chi connectivity index (χ1) is 9.09. The van der Waals surface area contributed by atoms with Crippen LogP contribution < -0.4 is 5.32 Å². The monoisotopic (exact) mass is 281 g/mol. The third-order valence-corrected chi connectivity index (χ3v) is 3.93. The van der Waals surface area contributed by atoms with Crippen LogP contribution in [-0.4, -0.2) is 23.2 Å². The van der Waals surface area contributed by atoms with E-state index < -0.39 is 5.60 Å². The molecule has 0 radical (unpaired) electrons. The van der Waals surface area contributed by atoms with E-state index >= 15 is 0 Å². The van der Waals surface area contributed by atoms with E-state index in [1.165, 1.54) is 12.8 Å². The molecule has 1 aliphatic carbocycles. The number of hydrogen-bond acceptors (Lipinski definition) is 2. The van der Waals surface area contributed by atoms with E-state index in [1.807, 2.05) is 0 Å². The summed E-state index contributed by atoms with van der Waals surface area (Å²) in [5.74, 6) is -0.180. The first kappa shape index (κ1) is 14.4. The Morgan fingerprint density at radius 3 is 2.58 bits per heavy atom. The van der Waals surface area contributed by atoms with Crippen molar-refractivity contribution < 1.29 is 9.90 Å². The molecular formula is C15H20ClNO2. The molecular weight excluding hydrogens is 262 g/mol. The third-order valence-electron chi connectivity index (χ3n) is 3.70. The Labute approximate surface area is 119 Å². The predicted octanol–water partition coefficient (Wildman–Crippen LogP) is 3.16. The number of halogens is 1.